The van der Waals surface area contributed by atoms with E-state index in [1.165, 1.54) is 5.56 Å². The summed E-state index contributed by atoms with van der Waals surface area (Å²) in [4.78, 5) is 11.9. The van der Waals surface area contributed by atoms with Crippen molar-refractivity contribution in [1.29, 1.82) is 0 Å². The van der Waals surface area contributed by atoms with Crippen LogP contribution in [0.4, 0.5) is 0 Å². The van der Waals surface area contributed by atoms with Crippen LogP contribution in [0.2, 0.25) is 0 Å². The summed E-state index contributed by atoms with van der Waals surface area (Å²) in [5.74, 6) is 2.70. The zero-order chi connectivity index (χ0) is 9.97. The van der Waals surface area contributed by atoms with E-state index in [9.17, 15) is 4.79 Å². The summed E-state index contributed by atoms with van der Waals surface area (Å²) in [6.45, 7) is 2.03. The summed E-state index contributed by atoms with van der Waals surface area (Å²) in [7, 11) is 0. The van der Waals surface area contributed by atoms with Crippen molar-refractivity contribution in [2.75, 3.05) is 11.5 Å². The molecule has 1 heterocycles. The minimum Gasteiger partial charge on any atom is -0.299 e. The summed E-state index contributed by atoms with van der Waals surface area (Å²) in [5.41, 5.74) is 1.18. The SMILES string of the molecule is C[C@H]1CSC[C@@H](c2ccccc2)C1=O. The standard InChI is InChI=1S/C12H14OS/c1-9-7-14-8-11(12(9)13)10-5-3-2-4-6-10/h2-6,9,11H,7-8H2,1H3/t9-,11-/m0/s1. The molecule has 0 aliphatic carbocycles. The molecular weight excluding hydrogens is 192 g/mol. The Morgan fingerprint density at radius 3 is 2.64 bits per heavy atom. The summed E-state index contributed by atoms with van der Waals surface area (Å²) in [5, 5.41) is 0. The molecule has 1 aliphatic rings. The molecule has 1 saturated heterocycles. The smallest absolute Gasteiger partial charge is 0.144 e. The topological polar surface area (TPSA) is 17.1 Å². The Labute approximate surface area is 88.9 Å². The van der Waals surface area contributed by atoms with Gasteiger partial charge in [-0.15, -0.1) is 0 Å². The number of ketones is 1. The second kappa shape index (κ2) is 4.18. The van der Waals surface area contributed by atoms with Crippen LogP contribution in [0.15, 0.2) is 30.3 Å². The van der Waals surface area contributed by atoms with Gasteiger partial charge in [0.05, 0.1) is 5.92 Å². The van der Waals surface area contributed by atoms with E-state index in [-0.39, 0.29) is 11.8 Å². The predicted molar refractivity (Wildman–Crippen MR) is 60.7 cm³/mol. The van der Waals surface area contributed by atoms with E-state index in [0.29, 0.717) is 5.78 Å². The molecule has 0 unspecified atom stereocenters. The minimum absolute atomic E-state index is 0.130. The number of carbonyl (C=O) groups excluding carboxylic acids is 1. The number of rotatable bonds is 1. The van der Waals surface area contributed by atoms with Crippen LogP contribution in [-0.2, 0) is 4.79 Å². The van der Waals surface area contributed by atoms with E-state index in [2.05, 4.69) is 12.1 Å². The first-order valence-corrected chi connectivity index (χ1v) is 6.11. The van der Waals surface area contributed by atoms with Crippen molar-refractivity contribution >= 4 is 17.5 Å². The van der Waals surface area contributed by atoms with Gasteiger partial charge in [0.25, 0.3) is 0 Å². The van der Waals surface area contributed by atoms with E-state index < -0.39 is 0 Å². The largest absolute Gasteiger partial charge is 0.299 e. The Hall–Kier alpha value is -0.760. The fourth-order valence-corrected chi connectivity index (χ4v) is 3.06. The first kappa shape index (κ1) is 9.78. The first-order chi connectivity index (χ1) is 6.79. The van der Waals surface area contributed by atoms with Crippen molar-refractivity contribution in [3.8, 4) is 0 Å². The summed E-state index contributed by atoms with van der Waals surface area (Å²) in [6, 6.07) is 10.1. The van der Waals surface area contributed by atoms with Crippen LogP contribution in [-0.4, -0.2) is 17.3 Å². The van der Waals surface area contributed by atoms with Crippen LogP contribution in [0.3, 0.4) is 0 Å². The first-order valence-electron chi connectivity index (χ1n) is 4.95. The van der Waals surface area contributed by atoms with Gasteiger partial charge in [-0.25, -0.2) is 0 Å². The highest BCUT2D eigenvalue weighted by molar-refractivity contribution is 7.99. The van der Waals surface area contributed by atoms with E-state index in [4.69, 9.17) is 0 Å². The Balaban J connectivity index is 2.22. The molecule has 1 fully saturated rings. The molecule has 0 saturated carbocycles. The van der Waals surface area contributed by atoms with E-state index in [0.717, 1.165) is 11.5 Å². The van der Waals surface area contributed by atoms with Gasteiger partial charge in [-0.05, 0) is 5.56 Å². The molecule has 0 radical (unpaired) electrons. The molecule has 0 aromatic heterocycles. The fourth-order valence-electron chi connectivity index (χ4n) is 1.82. The molecule has 0 N–H and O–H groups in total. The molecule has 1 aromatic rings. The monoisotopic (exact) mass is 206 g/mol. The second-order valence-electron chi connectivity index (χ2n) is 3.80. The molecule has 0 bridgehead atoms. The van der Waals surface area contributed by atoms with Crippen molar-refractivity contribution in [2.24, 2.45) is 5.92 Å². The van der Waals surface area contributed by atoms with Gasteiger partial charge in [-0.2, -0.15) is 11.8 Å². The predicted octanol–water partition coefficient (Wildman–Crippen LogP) is 2.72. The third-order valence-electron chi connectivity index (χ3n) is 2.68. The lowest BCUT2D eigenvalue weighted by Crippen LogP contribution is -2.28. The van der Waals surface area contributed by atoms with Gasteiger partial charge in [0.1, 0.15) is 5.78 Å². The summed E-state index contributed by atoms with van der Waals surface area (Å²) < 4.78 is 0. The second-order valence-corrected chi connectivity index (χ2v) is 4.88. The third-order valence-corrected chi connectivity index (χ3v) is 3.99. The quantitative estimate of drug-likeness (QED) is 0.702. The number of carbonyl (C=O) groups is 1. The molecule has 2 heteroatoms. The normalized spacial score (nSPS) is 27.6. The molecule has 0 spiro atoms. The Morgan fingerprint density at radius 2 is 1.93 bits per heavy atom. The lowest BCUT2D eigenvalue weighted by atomic mass is 9.90. The molecule has 1 aromatic carbocycles. The van der Waals surface area contributed by atoms with Gasteiger partial charge in [-0.1, -0.05) is 37.3 Å². The Morgan fingerprint density at radius 1 is 1.21 bits per heavy atom. The van der Waals surface area contributed by atoms with Gasteiger partial charge < -0.3 is 0 Å². The Bertz CT molecular complexity index is 320. The van der Waals surface area contributed by atoms with Crippen LogP contribution in [0.25, 0.3) is 0 Å². The summed E-state index contributed by atoms with van der Waals surface area (Å²) in [6.07, 6.45) is 0. The number of benzene rings is 1. The van der Waals surface area contributed by atoms with Crippen molar-refractivity contribution in [3.05, 3.63) is 35.9 Å². The molecule has 74 valence electrons. The molecule has 1 aliphatic heterocycles. The molecule has 2 rings (SSSR count). The number of hydrogen-bond acceptors (Lipinski definition) is 2. The maximum absolute atomic E-state index is 11.9. The van der Waals surface area contributed by atoms with E-state index in [1.807, 2.05) is 36.9 Å². The zero-order valence-corrected chi connectivity index (χ0v) is 9.09. The van der Waals surface area contributed by atoms with Crippen molar-refractivity contribution in [1.82, 2.24) is 0 Å². The average Bonchev–Trinajstić information content (AvgIpc) is 2.23. The number of hydrogen-bond donors (Lipinski definition) is 0. The highest BCUT2D eigenvalue weighted by Crippen LogP contribution is 2.31. The molecule has 14 heavy (non-hydrogen) atoms. The van der Waals surface area contributed by atoms with Crippen molar-refractivity contribution in [2.45, 2.75) is 12.8 Å². The van der Waals surface area contributed by atoms with E-state index >= 15 is 0 Å². The van der Waals surface area contributed by atoms with Crippen molar-refractivity contribution < 1.29 is 4.79 Å². The van der Waals surface area contributed by atoms with Crippen LogP contribution < -0.4 is 0 Å². The van der Waals surface area contributed by atoms with Crippen LogP contribution in [0, 0.1) is 5.92 Å². The van der Waals surface area contributed by atoms with Gasteiger partial charge >= 0.3 is 0 Å². The van der Waals surface area contributed by atoms with Crippen LogP contribution >= 0.6 is 11.8 Å². The molecule has 1 nitrogen and oxygen atoms in total. The van der Waals surface area contributed by atoms with Gasteiger partial charge in [0.15, 0.2) is 0 Å². The van der Waals surface area contributed by atoms with Gasteiger partial charge in [0, 0.05) is 17.4 Å². The van der Waals surface area contributed by atoms with Crippen molar-refractivity contribution in [3.63, 3.8) is 0 Å². The highest BCUT2D eigenvalue weighted by Gasteiger charge is 2.29. The minimum atomic E-state index is 0.130. The zero-order valence-electron chi connectivity index (χ0n) is 8.27. The van der Waals surface area contributed by atoms with Gasteiger partial charge in [0.2, 0.25) is 0 Å². The number of Topliss-reactive ketones (excluding diaryl/α,β-unsaturated/α-hetero) is 1. The Kier molecular flexibility index (Phi) is 2.92. The lowest BCUT2D eigenvalue weighted by molar-refractivity contribution is -0.123. The maximum atomic E-state index is 11.9. The highest BCUT2D eigenvalue weighted by atomic mass is 32.2. The third kappa shape index (κ3) is 1.85. The fraction of sp³-hybridized carbons (Fsp3) is 0.417. The summed E-state index contributed by atoms with van der Waals surface area (Å²) >= 11 is 1.89. The number of thioether (sulfide) groups is 1. The maximum Gasteiger partial charge on any atom is 0.144 e. The average molecular weight is 206 g/mol. The molecular formula is C12H14OS. The molecule has 0 amide bonds. The molecule has 2 atom stereocenters. The van der Waals surface area contributed by atoms with Gasteiger partial charge in [-0.3, -0.25) is 4.79 Å². The van der Waals surface area contributed by atoms with Crippen LogP contribution in [0.1, 0.15) is 18.4 Å². The van der Waals surface area contributed by atoms with E-state index in [1.54, 1.807) is 0 Å². The lowest BCUT2D eigenvalue weighted by Gasteiger charge is -2.25. The van der Waals surface area contributed by atoms with Crippen LogP contribution in [0.5, 0.6) is 0 Å².